The number of rotatable bonds is 4. The molecule has 2 aliphatic rings. The Kier molecular flexibility index (Phi) is 3.45. The van der Waals surface area contributed by atoms with Gasteiger partial charge in [0, 0.05) is 41.7 Å². The summed E-state index contributed by atoms with van der Waals surface area (Å²) in [5.41, 5.74) is 3.32. The van der Waals surface area contributed by atoms with Crippen LogP contribution in [0.25, 0.3) is 16.5 Å². The van der Waals surface area contributed by atoms with Crippen molar-refractivity contribution >= 4 is 16.5 Å². The lowest BCUT2D eigenvalue weighted by atomic mass is 9.99. The number of H-pyrrole nitrogens is 1. The van der Waals surface area contributed by atoms with Gasteiger partial charge in [0.05, 0.1) is 6.54 Å². The zero-order chi connectivity index (χ0) is 16.8. The van der Waals surface area contributed by atoms with E-state index in [1.165, 1.54) is 30.0 Å². The minimum atomic E-state index is -0.213. The van der Waals surface area contributed by atoms with E-state index in [0.717, 1.165) is 36.3 Å². The SMILES string of the molecule is Fc1ccc2c(C3=CCN(Cc4nnc(C5CC5)o4)CC3)c[nH]c2c1. The van der Waals surface area contributed by atoms with Gasteiger partial charge in [-0.1, -0.05) is 6.08 Å². The molecule has 1 fully saturated rings. The van der Waals surface area contributed by atoms with Crippen molar-refractivity contribution in [3.05, 3.63) is 53.6 Å². The molecule has 1 aliphatic carbocycles. The highest BCUT2D eigenvalue weighted by molar-refractivity contribution is 5.92. The number of nitrogens with one attached hydrogen (secondary N) is 1. The molecule has 6 heteroatoms. The topological polar surface area (TPSA) is 58.0 Å². The third-order valence-electron chi connectivity index (χ3n) is 5.05. The van der Waals surface area contributed by atoms with E-state index in [9.17, 15) is 4.39 Å². The van der Waals surface area contributed by atoms with E-state index in [1.807, 2.05) is 12.3 Å². The number of aromatic amines is 1. The molecular weight excluding hydrogens is 319 g/mol. The third-order valence-corrected chi connectivity index (χ3v) is 5.05. The molecule has 5 nitrogen and oxygen atoms in total. The molecule has 128 valence electrons. The standard InChI is InChI=1S/C19H19FN4O/c20-14-3-4-15-16(10-21-17(15)9-14)12-5-7-24(8-6-12)11-18-22-23-19(25-18)13-1-2-13/h3-5,9-10,13,21H,1-2,6-8,11H2. The number of nitrogens with zero attached hydrogens (tertiary/aromatic N) is 3. The van der Waals surface area contributed by atoms with Crippen LogP contribution in [0.3, 0.4) is 0 Å². The number of halogens is 1. The zero-order valence-electron chi connectivity index (χ0n) is 13.8. The van der Waals surface area contributed by atoms with Gasteiger partial charge >= 0.3 is 0 Å². The largest absolute Gasteiger partial charge is 0.424 e. The lowest BCUT2D eigenvalue weighted by Gasteiger charge is -2.24. The Labute approximate surface area is 144 Å². The second-order valence-electron chi connectivity index (χ2n) is 6.92. The lowest BCUT2D eigenvalue weighted by molar-refractivity contribution is 0.258. The van der Waals surface area contributed by atoms with Gasteiger partial charge in [0.2, 0.25) is 11.8 Å². The molecule has 0 spiro atoms. The average Bonchev–Trinajstić information content (AvgIpc) is 3.23. The molecule has 0 amide bonds. The summed E-state index contributed by atoms with van der Waals surface area (Å²) in [5.74, 6) is 1.80. The molecule has 1 aliphatic heterocycles. The van der Waals surface area contributed by atoms with E-state index >= 15 is 0 Å². The van der Waals surface area contributed by atoms with Crippen LogP contribution in [0.2, 0.25) is 0 Å². The first kappa shape index (κ1) is 14.8. The van der Waals surface area contributed by atoms with E-state index in [1.54, 1.807) is 6.07 Å². The van der Waals surface area contributed by atoms with Crippen LogP contribution >= 0.6 is 0 Å². The highest BCUT2D eigenvalue weighted by Gasteiger charge is 2.29. The molecule has 3 heterocycles. The number of hydrogen-bond acceptors (Lipinski definition) is 4. The fourth-order valence-corrected chi connectivity index (χ4v) is 3.48. The molecule has 0 atom stereocenters. The van der Waals surface area contributed by atoms with E-state index in [-0.39, 0.29) is 5.82 Å². The Bertz CT molecular complexity index is 953. The molecular formula is C19H19FN4O. The van der Waals surface area contributed by atoms with E-state index in [0.29, 0.717) is 18.4 Å². The quantitative estimate of drug-likeness (QED) is 0.785. The molecule has 5 rings (SSSR count). The minimum Gasteiger partial charge on any atom is -0.424 e. The van der Waals surface area contributed by atoms with Crippen LogP contribution in [0.5, 0.6) is 0 Å². The van der Waals surface area contributed by atoms with Crippen molar-refractivity contribution in [3.63, 3.8) is 0 Å². The van der Waals surface area contributed by atoms with Crippen molar-refractivity contribution in [2.45, 2.75) is 31.7 Å². The maximum atomic E-state index is 13.3. The summed E-state index contributed by atoms with van der Waals surface area (Å²) in [6, 6.07) is 4.91. The molecule has 0 radical (unpaired) electrons. The average molecular weight is 338 g/mol. The maximum absolute atomic E-state index is 13.3. The molecule has 0 unspecified atom stereocenters. The van der Waals surface area contributed by atoms with Crippen molar-refractivity contribution in [2.75, 3.05) is 13.1 Å². The van der Waals surface area contributed by atoms with Crippen LogP contribution in [0.15, 0.2) is 34.9 Å². The Balaban J connectivity index is 1.30. The number of hydrogen-bond donors (Lipinski definition) is 1. The van der Waals surface area contributed by atoms with E-state index < -0.39 is 0 Å². The molecule has 1 aromatic carbocycles. The Morgan fingerprint density at radius 3 is 3.00 bits per heavy atom. The minimum absolute atomic E-state index is 0.213. The molecule has 25 heavy (non-hydrogen) atoms. The first-order valence-electron chi connectivity index (χ1n) is 8.77. The Hall–Kier alpha value is -2.47. The zero-order valence-corrected chi connectivity index (χ0v) is 13.8. The van der Waals surface area contributed by atoms with Gasteiger partial charge in [0.1, 0.15) is 5.82 Å². The number of benzene rings is 1. The van der Waals surface area contributed by atoms with Gasteiger partial charge in [-0.2, -0.15) is 0 Å². The maximum Gasteiger partial charge on any atom is 0.230 e. The van der Waals surface area contributed by atoms with Gasteiger partial charge in [-0.3, -0.25) is 4.90 Å². The van der Waals surface area contributed by atoms with Gasteiger partial charge in [0.15, 0.2) is 0 Å². The van der Waals surface area contributed by atoms with Crippen molar-refractivity contribution in [1.29, 1.82) is 0 Å². The lowest BCUT2D eigenvalue weighted by Crippen LogP contribution is -2.28. The Morgan fingerprint density at radius 2 is 2.20 bits per heavy atom. The summed E-state index contributed by atoms with van der Waals surface area (Å²) in [5, 5.41) is 9.39. The highest BCUT2D eigenvalue weighted by atomic mass is 19.1. The van der Waals surface area contributed by atoms with Gasteiger partial charge in [0.25, 0.3) is 0 Å². The summed E-state index contributed by atoms with van der Waals surface area (Å²) in [6.45, 7) is 2.49. The van der Waals surface area contributed by atoms with Gasteiger partial charge in [-0.05, 0) is 43.0 Å². The predicted molar refractivity (Wildman–Crippen MR) is 92.4 cm³/mol. The van der Waals surface area contributed by atoms with Crippen molar-refractivity contribution in [2.24, 2.45) is 0 Å². The molecule has 3 aromatic rings. The normalized spacial score (nSPS) is 18.7. The summed E-state index contributed by atoms with van der Waals surface area (Å²) in [6.07, 6.45) is 7.52. The predicted octanol–water partition coefficient (Wildman–Crippen LogP) is 3.86. The highest BCUT2D eigenvalue weighted by Crippen LogP contribution is 2.39. The van der Waals surface area contributed by atoms with Crippen LogP contribution in [-0.4, -0.2) is 33.2 Å². The Morgan fingerprint density at radius 1 is 1.28 bits per heavy atom. The second-order valence-corrected chi connectivity index (χ2v) is 6.92. The molecule has 2 aromatic heterocycles. The van der Waals surface area contributed by atoms with E-state index in [4.69, 9.17) is 4.42 Å². The van der Waals surface area contributed by atoms with Crippen molar-refractivity contribution in [1.82, 2.24) is 20.1 Å². The second kappa shape index (κ2) is 5.81. The monoisotopic (exact) mass is 338 g/mol. The molecule has 1 N–H and O–H groups in total. The van der Waals surface area contributed by atoms with Crippen LogP contribution in [0.1, 0.15) is 42.5 Å². The van der Waals surface area contributed by atoms with Crippen LogP contribution in [-0.2, 0) is 6.54 Å². The summed E-state index contributed by atoms with van der Waals surface area (Å²) in [7, 11) is 0. The third kappa shape index (κ3) is 2.87. The first-order chi connectivity index (χ1) is 12.3. The summed E-state index contributed by atoms with van der Waals surface area (Å²) >= 11 is 0. The van der Waals surface area contributed by atoms with Crippen LogP contribution in [0.4, 0.5) is 4.39 Å². The summed E-state index contributed by atoms with van der Waals surface area (Å²) < 4.78 is 19.1. The first-order valence-corrected chi connectivity index (χ1v) is 8.77. The molecule has 0 saturated heterocycles. The van der Waals surface area contributed by atoms with Gasteiger partial charge in [-0.25, -0.2) is 4.39 Å². The van der Waals surface area contributed by atoms with Crippen molar-refractivity contribution in [3.8, 4) is 0 Å². The van der Waals surface area contributed by atoms with Crippen LogP contribution < -0.4 is 0 Å². The van der Waals surface area contributed by atoms with Crippen LogP contribution in [0, 0.1) is 5.82 Å². The molecule has 0 bridgehead atoms. The number of aromatic nitrogens is 3. The van der Waals surface area contributed by atoms with Gasteiger partial charge < -0.3 is 9.40 Å². The fraction of sp³-hybridized carbons (Fsp3) is 0.368. The molecule has 1 saturated carbocycles. The smallest absolute Gasteiger partial charge is 0.230 e. The van der Waals surface area contributed by atoms with E-state index in [2.05, 4.69) is 26.2 Å². The summed E-state index contributed by atoms with van der Waals surface area (Å²) in [4.78, 5) is 5.48. The fourth-order valence-electron chi connectivity index (χ4n) is 3.48. The van der Waals surface area contributed by atoms with Gasteiger partial charge in [-0.15, -0.1) is 10.2 Å². The van der Waals surface area contributed by atoms with Crippen molar-refractivity contribution < 1.29 is 8.81 Å². The number of fused-ring (bicyclic) bond motifs is 1.